The van der Waals surface area contributed by atoms with Crippen molar-refractivity contribution in [1.82, 2.24) is 15.0 Å². The predicted molar refractivity (Wildman–Crippen MR) is 83.5 cm³/mol. The summed E-state index contributed by atoms with van der Waals surface area (Å²) in [6.07, 6.45) is 0.233. The van der Waals surface area contributed by atoms with E-state index >= 15 is 0 Å². The SMILES string of the molecule is COc1ccc(-c2noc(CN3CCO[C@@H](C)C3)n2)cc1OC. The summed E-state index contributed by atoms with van der Waals surface area (Å²) < 4.78 is 21.4. The second-order valence-electron chi connectivity index (χ2n) is 5.50. The summed E-state index contributed by atoms with van der Waals surface area (Å²) in [6.45, 7) is 5.17. The number of benzene rings is 1. The van der Waals surface area contributed by atoms with Crippen molar-refractivity contribution in [3.8, 4) is 22.9 Å². The molecule has 0 N–H and O–H groups in total. The highest BCUT2D eigenvalue weighted by Crippen LogP contribution is 2.31. The Morgan fingerprint density at radius 2 is 2.09 bits per heavy atom. The lowest BCUT2D eigenvalue weighted by Crippen LogP contribution is -2.40. The third-order valence-electron chi connectivity index (χ3n) is 3.79. The van der Waals surface area contributed by atoms with Crippen molar-refractivity contribution in [2.45, 2.75) is 19.6 Å². The average Bonchev–Trinajstić information content (AvgIpc) is 3.02. The fourth-order valence-electron chi connectivity index (χ4n) is 2.64. The first-order valence-electron chi connectivity index (χ1n) is 7.58. The van der Waals surface area contributed by atoms with Gasteiger partial charge in [-0.25, -0.2) is 0 Å². The molecule has 1 fully saturated rings. The van der Waals surface area contributed by atoms with Gasteiger partial charge in [-0.3, -0.25) is 4.90 Å². The molecule has 0 spiro atoms. The summed E-state index contributed by atoms with van der Waals surface area (Å²) >= 11 is 0. The first kappa shape index (κ1) is 15.8. The molecular weight excluding hydrogens is 298 g/mol. The van der Waals surface area contributed by atoms with Crippen LogP contribution in [0.2, 0.25) is 0 Å². The Morgan fingerprint density at radius 3 is 2.83 bits per heavy atom. The molecular formula is C16H21N3O4. The van der Waals surface area contributed by atoms with Gasteiger partial charge < -0.3 is 18.7 Å². The first-order chi connectivity index (χ1) is 11.2. The lowest BCUT2D eigenvalue weighted by molar-refractivity contribution is -0.0240. The van der Waals surface area contributed by atoms with E-state index in [9.17, 15) is 0 Å². The van der Waals surface area contributed by atoms with Crippen molar-refractivity contribution < 1.29 is 18.7 Å². The largest absolute Gasteiger partial charge is 0.493 e. The molecule has 23 heavy (non-hydrogen) atoms. The number of ether oxygens (including phenoxy) is 3. The zero-order valence-corrected chi connectivity index (χ0v) is 13.6. The molecule has 2 heterocycles. The lowest BCUT2D eigenvalue weighted by atomic mass is 10.2. The van der Waals surface area contributed by atoms with Crippen molar-refractivity contribution in [3.63, 3.8) is 0 Å². The normalized spacial score (nSPS) is 18.8. The predicted octanol–water partition coefficient (Wildman–Crippen LogP) is 1.97. The highest BCUT2D eigenvalue weighted by Gasteiger charge is 2.19. The van der Waals surface area contributed by atoms with E-state index in [0.717, 1.165) is 25.3 Å². The topological polar surface area (TPSA) is 69.9 Å². The molecule has 7 heteroatoms. The molecule has 0 aliphatic carbocycles. The number of hydrogen-bond donors (Lipinski definition) is 0. The Labute approximate surface area is 135 Å². The summed E-state index contributed by atoms with van der Waals surface area (Å²) in [5.41, 5.74) is 0.827. The van der Waals surface area contributed by atoms with E-state index in [1.54, 1.807) is 14.2 Å². The van der Waals surface area contributed by atoms with E-state index in [0.29, 0.717) is 29.8 Å². The maximum Gasteiger partial charge on any atom is 0.241 e. The van der Waals surface area contributed by atoms with Crippen LogP contribution in [-0.2, 0) is 11.3 Å². The van der Waals surface area contributed by atoms with Crippen LogP contribution in [0.1, 0.15) is 12.8 Å². The molecule has 0 unspecified atom stereocenters. The van der Waals surface area contributed by atoms with Gasteiger partial charge in [0.25, 0.3) is 0 Å². The summed E-state index contributed by atoms with van der Waals surface area (Å²) in [5, 5.41) is 4.06. The fraction of sp³-hybridized carbons (Fsp3) is 0.500. The van der Waals surface area contributed by atoms with Crippen LogP contribution in [0.25, 0.3) is 11.4 Å². The van der Waals surface area contributed by atoms with Gasteiger partial charge in [-0.1, -0.05) is 5.16 Å². The van der Waals surface area contributed by atoms with Gasteiger partial charge in [-0.2, -0.15) is 4.98 Å². The Bertz CT molecular complexity index is 659. The number of aromatic nitrogens is 2. The molecule has 1 atom stereocenters. The third kappa shape index (κ3) is 3.62. The highest BCUT2D eigenvalue weighted by molar-refractivity contribution is 5.60. The van der Waals surface area contributed by atoms with Gasteiger partial charge in [-0.05, 0) is 25.1 Å². The Morgan fingerprint density at radius 1 is 1.26 bits per heavy atom. The minimum absolute atomic E-state index is 0.233. The maximum atomic E-state index is 5.53. The molecule has 0 amide bonds. The van der Waals surface area contributed by atoms with E-state index in [1.165, 1.54) is 0 Å². The zero-order valence-electron chi connectivity index (χ0n) is 13.6. The molecule has 1 saturated heterocycles. The number of morpholine rings is 1. The van der Waals surface area contributed by atoms with E-state index in [-0.39, 0.29) is 6.10 Å². The molecule has 3 rings (SSSR count). The van der Waals surface area contributed by atoms with E-state index in [1.807, 2.05) is 18.2 Å². The quantitative estimate of drug-likeness (QED) is 0.834. The van der Waals surface area contributed by atoms with Gasteiger partial charge in [-0.15, -0.1) is 0 Å². The van der Waals surface area contributed by atoms with Crippen LogP contribution in [0, 0.1) is 0 Å². The van der Waals surface area contributed by atoms with Crippen molar-refractivity contribution in [2.75, 3.05) is 33.9 Å². The van der Waals surface area contributed by atoms with Crippen LogP contribution in [0.5, 0.6) is 11.5 Å². The summed E-state index contributed by atoms with van der Waals surface area (Å²) in [4.78, 5) is 6.72. The van der Waals surface area contributed by atoms with Crippen molar-refractivity contribution in [1.29, 1.82) is 0 Å². The Hall–Kier alpha value is -2.12. The van der Waals surface area contributed by atoms with Gasteiger partial charge in [0.2, 0.25) is 11.7 Å². The standard InChI is InChI=1S/C16H21N3O4/c1-11-9-19(6-7-22-11)10-15-17-16(18-23-15)12-4-5-13(20-2)14(8-12)21-3/h4-5,8,11H,6-7,9-10H2,1-3H3/t11-/m0/s1. The number of hydrogen-bond acceptors (Lipinski definition) is 7. The summed E-state index contributed by atoms with van der Waals surface area (Å²) in [6, 6.07) is 5.55. The zero-order chi connectivity index (χ0) is 16.2. The number of nitrogens with zero attached hydrogens (tertiary/aromatic N) is 3. The van der Waals surface area contributed by atoms with Crippen molar-refractivity contribution in [3.05, 3.63) is 24.1 Å². The van der Waals surface area contributed by atoms with Gasteiger partial charge in [0, 0.05) is 18.7 Å². The fourth-order valence-corrected chi connectivity index (χ4v) is 2.64. The number of rotatable bonds is 5. The summed E-state index contributed by atoms with van der Waals surface area (Å²) in [7, 11) is 3.20. The average molecular weight is 319 g/mol. The van der Waals surface area contributed by atoms with Crippen LogP contribution in [0.4, 0.5) is 0 Å². The van der Waals surface area contributed by atoms with Crippen LogP contribution < -0.4 is 9.47 Å². The first-order valence-corrected chi connectivity index (χ1v) is 7.58. The molecule has 2 aromatic rings. The second-order valence-corrected chi connectivity index (χ2v) is 5.50. The molecule has 7 nitrogen and oxygen atoms in total. The van der Waals surface area contributed by atoms with Gasteiger partial charge in [0.1, 0.15) is 0 Å². The van der Waals surface area contributed by atoms with Gasteiger partial charge in [0.15, 0.2) is 11.5 Å². The lowest BCUT2D eigenvalue weighted by Gasteiger charge is -2.29. The highest BCUT2D eigenvalue weighted by atomic mass is 16.5. The van der Waals surface area contributed by atoms with Crippen LogP contribution >= 0.6 is 0 Å². The molecule has 1 aromatic carbocycles. The summed E-state index contributed by atoms with van der Waals surface area (Å²) in [5.74, 6) is 2.45. The van der Waals surface area contributed by atoms with Crippen molar-refractivity contribution >= 4 is 0 Å². The molecule has 1 aliphatic rings. The Balaban J connectivity index is 1.74. The Kier molecular flexibility index (Phi) is 4.78. The third-order valence-corrected chi connectivity index (χ3v) is 3.79. The maximum absolute atomic E-state index is 5.53. The molecule has 0 bridgehead atoms. The van der Waals surface area contributed by atoms with Gasteiger partial charge in [0.05, 0.1) is 33.5 Å². The van der Waals surface area contributed by atoms with Crippen LogP contribution in [0.15, 0.2) is 22.7 Å². The molecule has 124 valence electrons. The van der Waals surface area contributed by atoms with E-state index < -0.39 is 0 Å². The minimum atomic E-state index is 0.233. The molecule has 0 saturated carbocycles. The van der Waals surface area contributed by atoms with Crippen LogP contribution in [0.3, 0.4) is 0 Å². The monoisotopic (exact) mass is 319 g/mol. The second kappa shape index (κ2) is 6.97. The molecule has 0 radical (unpaired) electrons. The smallest absolute Gasteiger partial charge is 0.241 e. The van der Waals surface area contributed by atoms with Crippen molar-refractivity contribution in [2.24, 2.45) is 0 Å². The van der Waals surface area contributed by atoms with E-state index in [4.69, 9.17) is 18.7 Å². The van der Waals surface area contributed by atoms with Gasteiger partial charge >= 0.3 is 0 Å². The van der Waals surface area contributed by atoms with Crippen LogP contribution in [-0.4, -0.2) is 55.1 Å². The molecule has 1 aliphatic heterocycles. The number of methoxy groups -OCH3 is 2. The van der Waals surface area contributed by atoms with E-state index in [2.05, 4.69) is 22.0 Å². The molecule has 1 aromatic heterocycles. The minimum Gasteiger partial charge on any atom is -0.493 e.